The molecule has 0 aliphatic carbocycles. The number of carbonyl (C=O) groups excluding carboxylic acids is 2. The number of hydrogen-bond donors (Lipinski definition) is 0. The molecule has 1 amide bonds. The molecule has 0 N–H and O–H groups in total. The minimum Gasteiger partial charge on any atom is -0.458 e. The van der Waals surface area contributed by atoms with E-state index < -0.39 is 12.1 Å². The smallest absolute Gasteiger partial charge is 0.410 e. The molecule has 1 fully saturated rings. The first-order valence-electron chi connectivity index (χ1n) is 5.90. The molecule has 1 aromatic carbocycles. The summed E-state index contributed by atoms with van der Waals surface area (Å²) >= 11 is 5.31. The summed E-state index contributed by atoms with van der Waals surface area (Å²) in [6.45, 7) is 0.953. The molecule has 0 radical (unpaired) electrons. The molecule has 1 aliphatic heterocycles. The van der Waals surface area contributed by atoms with Gasteiger partial charge in [-0.25, -0.2) is 4.79 Å². The third-order valence-electron chi connectivity index (χ3n) is 2.72. The highest BCUT2D eigenvalue weighted by atomic mass is 35.5. The van der Waals surface area contributed by atoms with Crippen molar-refractivity contribution in [1.82, 2.24) is 4.90 Å². The summed E-state index contributed by atoms with van der Waals surface area (Å²) < 4.78 is 10.1. The molecule has 1 heterocycles. The zero-order valence-electron chi connectivity index (χ0n) is 10.3. The summed E-state index contributed by atoms with van der Waals surface area (Å²) in [6, 6.07) is 9.43. The normalized spacial score (nSPS) is 14.7. The Morgan fingerprint density at radius 2 is 1.95 bits per heavy atom. The third-order valence-corrected chi connectivity index (χ3v) is 2.94. The van der Waals surface area contributed by atoms with Crippen molar-refractivity contribution in [3.05, 3.63) is 35.9 Å². The van der Waals surface area contributed by atoms with Gasteiger partial charge in [-0.3, -0.25) is 4.79 Å². The number of halogens is 1. The van der Waals surface area contributed by atoms with Crippen LogP contribution in [-0.4, -0.2) is 42.0 Å². The molecule has 0 spiro atoms. The highest BCUT2D eigenvalue weighted by Crippen LogP contribution is 2.14. The second-order valence-corrected chi connectivity index (χ2v) is 4.46. The van der Waals surface area contributed by atoms with E-state index in [-0.39, 0.29) is 18.6 Å². The third kappa shape index (κ3) is 3.86. The van der Waals surface area contributed by atoms with Crippen LogP contribution in [-0.2, 0) is 20.9 Å². The largest absolute Gasteiger partial charge is 0.458 e. The van der Waals surface area contributed by atoms with Gasteiger partial charge >= 0.3 is 12.1 Å². The van der Waals surface area contributed by atoms with Crippen LogP contribution in [0.2, 0.25) is 0 Å². The summed E-state index contributed by atoms with van der Waals surface area (Å²) in [5.74, 6) is -0.640. The van der Waals surface area contributed by atoms with Crippen LogP contribution in [0.3, 0.4) is 0 Å². The van der Waals surface area contributed by atoms with Crippen LogP contribution in [0, 0.1) is 0 Å². The Morgan fingerprint density at radius 1 is 1.26 bits per heavy atom. The van der Waals surface area contributed by atoms with Gasteiger partial charge in [-0.2, -0.15) is 0 Å². The Balaban J connectivity index is 1.68. The van der Waals surface area contributed by atoms with Gasteiger partial charge in [0, 0.05) is 0 Å². The van der Waals surface area contributed by atoms with Crippen molar-refractivity contribution in [3.8, 4) is 0 Å². The Kier molecular flexibility index (Phi) is 4.63. The molecule has 19 heavy (non-hydrogen) atoms. The predicted molar refractivity (Wildman–Crippen MR) is 68.8 cm³/mol. The van der Waals surface area contributed by atoms with Gasteiger partial charge < -0.3 is 14.4 Å². The van der Waals surface area contributed by atoms with Gasteiger partial charge in [0.25, 0.3) is 0 Å². The lowest BCUT2D eigenvalue weighted by Gasteiger charge is -2.37. The van der Waals surface area contributed by atoms with E-state index in [2.05, 4.69) is 0 Å². The highest BCUT2D eigenvalue weighted by molar-refractivity contribution is 6.26. The van der Waals surface area contributed by atoms with Gasteiger partial charge in [-0.1, -0.05) is 30.3 Å². The van der Waals surface area contributed by atoms with Crippen molar-refractivity contribution in [3.63, 3.8) is 0 Å². The van der Waals surface area contributed by atoms with Gasteiger partial charge in [0.2, 0.25) is 0 Å². The Bertz CT molecular complexity index is 445. The van der Waals surface area contributed by atoms with Crippen molar-refractivity contribution < 1.29 is 19.1 Å². The molecule has 1 aliphatic rings. The van der Waals surface area contributed by atoms with E-state index in [1.165, 1.54) is 4.90 Å². The maximum Gasteiger partial charge on any atom is 0.410 e. The predicted octanol–water partition coefficient (Wildman–Crippen LogP) is 1.79. The van der Waals surface area contributed by atoms with Gasteiger partial charge in [-0.15, -0.1) is 11.6 Å². The molecule has 1 aromatic rings. The number of hydrogen-bond acceptors (Lipinski definition) is 4. The monoisotopic (exact) mass is 283 g/mol. The Morgan fingerprint density at radius 3 is 2.58 bits per heavy atom. The first-order valence-corrected chi connectivity index (χ1v) is 6.43. The summed E-state index contributed by atoms with van der Waals surface area (Å²) in [4.78, 5) is 24.0. The van der Waals surface area contributed by atoms with E-state index in [1.54, 1.807) is 0 Å². The number of rotatable bonds is 4. The van der Waals surface area contributed by atoms with Gasteiger partial charge in [0.1, 0.15) is 18.6 Å². The van der Waals surface area contributed by atoms with Crippen LogP contribution in [0.5, 0.6) is 0 Å². The van der Waals surface area contributed by atoms with Gasteiger partial charge in [-0.05, 0) is 5.56 Å². The van der Waals surface area contributed by atoms with Crippen LogP contribution in [0.1, 0.15) is 5.56 Å². The van der Waals surface area contributed by atoms with Gasteiger partial charge in [0.05, 0.1) is 13.1 Å². The molecular formula is C13H14ClNO4. The molecule has 0 saturated carbocycles. The minimum absolute atomic E-state index is 0.172. The van der Waals surface area contributed by atoms with Crippen molar-refractivity contribution >= 4 is 23.7 Å². The fourth-order valence-corrected chi connectivity index (χ4v) is 1.75. The van der Waals surface area contributed by atoms with E-state index in [0.29, 0.717) is 13.1 Å². The number of esters is 1. The average Bonchev–Trinajstić information content (AvgIpc) is 2.40. The number of nitrogens with zero attached hydrogens (tertiary/aromatic N) is 1. The van der Waals surface area contributed by atoms with Crippen LogP contribution in [0.15, 0.2) is 30.3 Å². The van der Waals surface area contributed by atoms with Gasteiger partial charge in [0.15, 0.2) is 0 Å². The molecule has 6 heteroatoms. The quantitative estimate of drug-likeness (QED) is 0.624. The van der Waals surface area contributed by atoms with E-state index >= 15 is 0 Å². The van der Waals surface area contributed by atoms with Crippen molar-refractivity contribution in [1.29, 1.82) is 0 Å². The summed E-state index contributed by atoms with van der Waals surface area (Å²) in [6.07, 6.45) is -0.669. The number of amides is 1. The fraction of sp³-hybridized carbons (Fsp3) is 0.385. The minimum atomic E-state index is -0.469. The second-order valence-electron chi connectivity index (χ2n) is 4.19. The molecule has 1 saturated heterocycles. The SMILES string of the molecule is O=C(CCl)OC1CN(C(=O)OCc2ccccc2)C1. The lowest BCUT2D eigenvalue weighted by molar-refractivity contribution is -0.153. The van der Waals surface area contributed by atoms with Crippen LogP contribution in [0.25, 0.3) is 0 Å². The van der Waals surface area contributed by atoms with Crippen LogP contribution in [0.4, 0.5) is 4.79 Å². The number of likely N-dealkylation sites (tertiary alicyclic amines) is 1. The Labute approximate surface area is 116 Å². The zero-order valence-corrected chi connectivity index (χ0v) is 11.0. The molecule has 0 bridgehead atoms. The van der Waals surface area contributed by atoms with Crippen molar-refractivity contribution in [2.75, 3.05) is 19.0 Å². The molecule has 102 valence electrons. The summed E-state index contributed by atoms with van der Waals surface area (Å²) in [5.41, 5.74) is 0.932. The van der Waals surface area contributed by atoms with E-state index in [9.17, 15) is 9.59 Å². The second kappa shape index (κ2) is 6.43. The number of benzene rings is 1. The van der Waals surface area contributed by atoms with Crippen LogP contribution < -0.4 is 0 Å². The zero-order chi connectivity index (χ0) is 13.7. The lowest BCUT2D eigenvalue weighted by Crippen LogP contribution is -2.55. The number of alkyl halides is 1. The Hall–Kier alpha value is -1.75. The summed E-state index contributed by atoms with van der Waals surface area (Å²) in [7, 11) is 0. The summed E-state index contributed by atoms with van der Waals surface area (Å²) in [5, 5.41) is 0. The van der Waals surface area contributed by atoms with E-state index in [0.717, 1.165) is 5.56 Å². The molecular weight excluding hydrogens is 270 g/mol. The molecule has 2 rings (SSSR count). The highest BCUT2D eigenvalue weighted by Gasteiger charge is 2.34. The van der Waals surface area contributed by atoms with Crippen LogP contribution >= 0.6 is 11.6 Å². The van der Waals surface area contributed by atoms with E-state index in [4.69, 9.17) is 21.1 Å². The standard InChI is InChI=1S/C13H14ClNO4/c14-6-12(16)19-11-7-15(8-11)13(17)18-9-10-4-2-1-3-5-10/h1-5,11H,6-9H2. The first kappa shape index (κ1) is 13.7. The fourth-order valence-electron chi connectivity index (χ4n) is 1.69. The van der Waals surface area contributed by atoms with Crippen molar-refractivity contribution in [2.24, 2.45) is 0 Å². The topological polar surface area (TPSA) is 55.8 Å². The van der Waals surface area contributed by atoms with Crippen molar-refractivity contribution in [2.45, 2.75) is 12.7 Å². The maximum absolute atomic E-state index is 11.6. The maximum atomic E-state index is 11.6. The van der Waals surface area contributed by atoms with E-state index in [1.807, 2.05) is 30.3 Å². The lowest BCUT2D eigenvalue weighted by atomic mass is 10.2. The molecule has 0 atom stereocenters. The number of carbonyl (C=O) groups is 2. The molecule has 5 nitrogen and oxygen atoms in total. The number of ether oxygens (including phenoxy) is 2. The molecule has 0 aromatic heterocycles. The first-order chi connectivity index (χ1) is 9.19. The average molecular weight is 284 g/mol. The molecule has 0 unspecified atom stereocenters.